The normalized spacial score (nSPS) is 22.1. The van der Waals surface area contributed by atoms with Crippen molar-refractivity contribution in [2.75, 3.05) is 45.9 Å². The summed E-state index contributed by atoms with van der Waals surface area (Å²) in [6, 6.07) is 8.88. The van der Waals surface area contributed by atoms with Gasteiger partial charge in [-0.05, 0) is 44.0 Å². The predicted octanol–water partition coefficient (Wildman–Crippen LogP) is 3.72. The van der Waals surface area contributed by atoms with Gasteiger partial charge in [0.05, 0.1) is 13.2 Å². The fraction of sp³-hybridized carbons (Fsp3) is 0.682. The maximum Gasteiger partial charge on any atom is 0.194 e. The number of nitrogens with one attached hydrogen (secondary N) is 1. The molecule has 2 saturated heterocycles. The Kier molecular flexibility index (Phi) is 9.50. The van der Waals surface area contributed by atoms with Crippen LogP contribution in [0.5, 0.6) is 0 Å². The zero-order chi connectivity index (χ0) is 19.1. The van der Waals surface area contributed by atoms with Crippen LogP contribution >= 0.6 is 24.0 Å². The summed E-state index contributed by atoms with van der Waals surface area (Å²) in [5.74, 6) is 1.05. The van der Waals surface area contributed by atoms with E-state index in [9.17, 15) is 0 Å². The molecular weight excluding hydrogens is 463 g/mol. The van der Waals surface area contributed by atoms with Gasteiger partial charge in [0.15, 0.2) is 5.96 Å². The lowest BCUT2D eigenvalue weighted by Crippen LogP contribution is -2.41. The van der Waals surface area contributed by atoms with E-state index >= 15 is 0 Å². The molecule has 0 aliphatic carbocycles. The number of aliphatic imine (C=N–C) groups is 1. The molecule has 6 heteroatoms. The molecule has 0 amide bonds. The van der Waals surface area contributed by atoms with Crippen LogP contribution in [-0.2, 0) is 17.8 Å². The highest BCUT2D eigenvalue weighted by atomic mass is 127. The topological polar surface area (TPSA) is 40.1 Å². The highest BCUT2D eigenvalue weighted by Crippen LogP contribution is 2.38. The molecular formula is C22H37IN4O. The Morgan fingerprint density at radius 2 is 2.00 bits per heavy atom. The van der Waals surface area contributed by atoms with Gasteiger partial charge in [0.2, 0.25) is 0 Å². The van der Waals surface area contributed by atoms with E-state index in [1.807, 2.05) is 0 Å². The molecule has 1 unspecified atom stereocenters. The largest absolute Gasteiger partial charge is 0.381 e. The van der Waals surface area contributed by atoms with Crippen molar-refractivity contribution in [2.45, 2.75) is 46.7 Å². The maximum atomic E-state index is 5.67. The summed E-state index contributed by atoms with van der Waals surface area (Å²) >= 11 is 0. The summed E-state index contributed by atoms with van der Waals surface area (Å²) in [4.78, 5) is 9.83. The lowest BCUT2D eigenvalue weighted by molar-refractivity contribution is 0.156. The highest BCUT2D eigenvalue weighted by Gasteiger charge is 2.42. The summed E-state index contributed by atoms with van der Waals surface area (Å²) in [5, 5.41) is 3.49. The minimum absolute atomic E-state index is 0. The van der Waals surface area contributed by atoms with Crippen molar-refractivity contribution in [3.63, 3.8) is 0 Å². The summed E-state index contributed by atoms with van der Waals surface area (Å²) in [7, 11) is 0. The van der Waals surface area contributed by atoms with Crippen LogP contribution < -0.4 is 5.32 Å². The number of guanidine groups is 1. The number of nitrogens with zero attached hydrogens (tertiary/aromatic N) is 3. The Labute approximate surface area is 187 Å². The predicted molar refractivity (Wildman–Crippen MR) is 127 cm³/mol. The van der Waals surface area contributed by atoms with Gasteiger partial charge in [0.25, 0.3) is 0 Å². The molecule has 0 saturated carbocycles. The Hall–Kier alpha value is -0.860. The van der Waals surface area contributed by atoms with E-state index in [1.165, 1.54) is 24.0 Å². The molecule has 5 nitrogen and oxygen atoms in total. The second-order valence-electron chi connectivity index (χ2n) is 7.93. The lowest BCUT2D eigenvalue weighted by atomic mass is 9.87. The smallest absolute Gasteiger partial charge is 0.194 e. The molecule has 1 aromatic rings. The van der Waals surface area contributed by atoms with Crippen molar-refractivity contribution in [3.8, 4) is 0 Å². The van der Waals surface area contributed by atoms with Gasteiger partial charge in [-0.1, -0.05) is 38.1 Å². The van der Waals surface area contributed by atoms with Gasteiger partial charge in [-0.15, -0.1) is 24.0 Å². The van der Waals surface area contributed by atoms with Crippen molar-refractivity contribution in [1.29, 1.82) is 0 Å². The third kappa shape index (κ3) is 6.07. The first-order valence-electron chi connectivity index (χ1n) is 10.6. The van der Waals surface area contributed by atoms with Crippen LogP contribution in [0.1, 0.15) is 44.7 Å². The first-order chi connectivity index (χ1) is 13.2. The molecule has 0 bridgehead atoms. The van der Waals surface area contributed by atoms with Gasteiger partial charge < -0.3 is 15.0 Å². The number of hydrogen-bond donors (Lipinski definition) is 1. The molecule has 1 spiro atoms. The van der Waals surface area contributed by atoms with Crippen molar-refractivity contribution < 1.29 is 4.74 Å². The monoisotopic (exact) mass is 500 g/mol. The van der Waals surface area contributed by atoms with Gasteiger partial charge in [-0.2, -0.15) is 0 Å². The quantitative estimate of drug-likeness (QED) is 0.352. The molecule has 0 aromatic heterocycles. The Balaban J connectivity index is 0.00000280. The molecule has 2 aliphatic rings. The van der Waals surface area contributed by atoms with Gasteiger partial charge in [0, 0.05) is 38.2 Å². The van der Waals surface area contributed by atoms with Crippen molar-refractivity contribution in [1.82, 2.24) is 15.1 Å². The molecule has 1 N–H and O–H groups in total. The van der Waals surface area contributed by atoms with E-state index in [4.69, 9.17) is 9.73 Å². The molecule has 0 radical (unpaired) electrons. The standard InChI is InChI=1S/C22H36N4O.HI/c1-4-23-21(26-12-10-22(17-26)11-13-27-18-22)24-15-19-8-7-9-20(14-19)16-25(5-2)6-3;/h7-9,14H,4-6,10-13,15-18H2,1-3H3,(H,23,24);1H. The number of likely N-dealkylation sites (tertiary alicyclic amines) is 1. The Morgan fingerprint density at radius 1 is 1.21 bits per heavy atom. The number of halogens is 1. The second-order valence-corrected chi connectivity index (χ2v) is 7.93. The summed E-state index contributed by atoms with van der Waals surface area (Å²) in [6.07, 6.45) is 2.41. The molecule has 2 fully saturated rings. The molecule has 3 rings (SSSR count). The highest BCUT2D eigenvalue weighted by molar-refractivity contribution is 14.0. The third-order valence-corrected chi connectivity index (χ3v) is 5.96. The van der Waals surface area contributed by atoms with E-state index in [-0.39, 0.29) is 24.0 Å². The van der Waals surface area contributed by atoms with Crippen molar-refractivity contribution >= 4 is 29.9 Å². The van der Waals surface area contributed by atoms with Crippen LogP contribution in [0.25, 0.3) is 0 Å². The number of benzene rings is 1. The van der Waals surface area contributed by atoms with Gasteiger partial charge in [0.1, 0.15) is 0 Å². The molecule has 1 aromatic carbocycles. The molecule has 2 heterocycles. The SMILES string of the molecule is CCNC(=NCc1cccc(CN(CC)CC)c1)N1CCC2(CCOC2)C1.I. The fourth-order valence-electron chi connectivity index (χ4n) is 4.21. The second kappa shape index (κ2) is 11.4. The Bertz CT molecular complexity index is 627. The minimum Gasteiger partial charge on any atom is -0.381 e. The number of ether oxygens (including phenoxy) is 1. The van der Waals surface area contributed by atoms with Crippen LogP contribution in [0.2, 0.25) is 0 Å². The third-order valence-electron chi connectivity index (χ3n) is 5.96. The van der Waals surface area contributed by atoms with Crippen molar-refractivity contribution in [3.05, 3.63) is 35.4 Å². The van der Waals surface area contributed by atoms with Crippen LogP contribution in [-0.4, -0.2) is 61.7 Å². The van der Waals surface area contributed by atoms with Crippen LogP contribution in [0.15, 0.2) is 29.3 Å². The Morgan fingerprint density at radius 3 is 2.68 bits per heavy atom. The minimum atomic E-state index is 0. The molecule has 2 aliphatic heterocycles. The van der Waals surface area contributed by atoms with E-state index in [2.05, 4.69) is 60.2 Å². The average molecular weight is 500 g/mol. The number of hydrogen-bond acceptors (Lipinski definition) is 3. The first kappa shape index (κ1) is 23.4. The van der Waals surface area contributed by atoms with Gasteiger partial charge >= 0.3 is 0 Å². The summed E-state index contributed by atoms with van der Waals surface area (Å²) in [6.45, 7) is 15.4. The van der Waals surface area contributed by atoms with E-state index < -0.39 is 0 Å². The molecule has 28 heavy (non-hydrogen) atoms. The number of rotatable bonds is 7. The molecule has 158 valence electrons. The first-order valence-corrected chi connectivity index (χ1v) is 10.6. The average Bonchev–Trinajstić information content (AvgIpc) is 3.33. The van der Waals surface area contributed by atoms with Gasteiger partial charge in [-0.3, -0.25) is 4.90 Å². The summed E-state index contributed by atoms with van der Waals surface area (Å²) in [5.41, 5.74) is 3.02. The molecule has 1 atom stereocenters. The van der Waals surface area contributed by atoms with E-state index in [0.717, 1.165) is 65.0 Å². The van der Waals surface area contributed by atoms with E-state index in [1.54, 1.807) is 0 Å². The van der Waals surface area contributed by atoms with Gasteiger partial charge in [-0.25, -0.2) is 4.99 Å². The zero-order valence-corrected chi connectivity index (χ0v) is 20.1. The van der Waals surface area contributed by atoms with Crippen molar-refractivity contribution in [2.24, 2.45) is 10.4 Å². The fourth-order valence-corrected chi connectivity index (χ4v) is 4.21. The zero-order valence-electron chi connectivity index (χ0n) is 17.7. The van der Waals surface area contributed by atoms with Crippen LogP contribution in [0.4, 0.5) is 0 Å². The van der Waals surface area contributed by atoms with E-state index in [0.29, 0.717) is 5.41 Å². The van der Waals surface area contributed by atoms with Crippen LogP contribution in [0.3, 0.4) is 0 Å². The van der Waals surface area contributed by atoms with Crippen LogP contribution in [0, 0.1) is 5.41 Å². The maximum absolute atomic E-state index is 5.67. The lowest BCUT2D eigenvalue weighted by Gasteiger charge is -2.25. The summed E-state index contributed by atoms with van der Waals surface area (Å²) < 4.78 is 5.67.